The van der Waals surface area contributed by atoms with Gasteiger partial charge < -0.3 is 9.57 Å². The zero-order chi connectivity index (χ0) is 12.3. The average molecular weight is 240 g/mol. The van der Waals surface area contributed by atoms with Crippen molar-refractivity contribution in [2.75, 3.05) is 20.3 Å². The van der Waals surface area contributed by atoms with Crippen LogP contribution in [0.15, 0.2) is 5.16 Å². The van der Waals surface area contributed by atoms with Crippen LogP contribution in [0.5, 0.6) is 0 Å². The van der Waals surface area contributed by atoms with Crippen LogP contribution in [-0.2, 0) is 9.57 Å². The van der Waals surface area contributed by atoms with E-state index in [1.807, 2.05) is 6.21 Å². The van der Waals surface area contributed by atoms with E-state index in [9.17, 15) is 0 Å². The highest BCUT2D eigenvalue weighted by Gasteiger charge is 2.48. The van der Waals surface area contributed by atoms with E-state index in [0.29, 0.717) is 12.1 Å². The van der Waals surface area contributed by atoms with E-state index < -0.39 is 0 Å². The molecule has 0 amide bonds. The molecule has 2 heterocycles. The quantitative estimate of drug-likeness (QED) is 0.545. The third-order valence-corrected chi connectivity index (χ3v) is 3.98. The van der Waals surface area contributed by atoms with E-state index in [-0.39, 0.29) is 5.54 Å². The fourth-order valence-corrected chi connectivity index (χ4v) is 3.15. The second-order valence-corrected chi connectivity index (χ2v) is 5.42. The topological polar surface area (TPSA) is 34.1 Å². The van der Waals surface area contributed by atoms with Gasteiger partial charge in [-0.3, -0.25) is 4.90 Å². The van der Waals surface area contributed by atoms with Crippen molar-refractivity contribution in [2.24, 2.45) is 5.16 Å². The van der Waals surface area contributed by atoms with Crippen molar-refractivity contribution in [2.45, 2.75) is 57.2 Å². The largest absolute Gasteiger partial charge is 0.399 e. The molecule has 0 unspecified atom stereocenters. The first kappa shape index (κ1) is 12.8. The molecule has 2 saturated heterocycles. The molecule has 0 bridgehead atoms. The average Bonchev–Trinajstić information content (AvgIpc) is 2.83. The van der Waals surface area contributed by atoms with E-state index >= 15 is 0 Å². The van der Waals surface area contributed by atoms with Crippen LogP contribution in [0.3, 0.4) is 0 Å². The van der Waals surface area contributed by atoms with Crippen molar-refractivity contribution >= 4 is 6.21 Å². The molecule has 2 fully saturated rings. The highest BCUT2D eigenvalue weighted by atomic mass is 16.6. The summed E-state index contributed by atoms with van der Waals surface area (Å²) in [6.07, 6.45) is 7.20. The molecule has 4 heteroatoms. The lowest BCUT2D eigenvalue weighted by Crippen LogP contribution is -2.46. The fourth-order valence-electron chi connectivity index (χ4n) is 3.15. The van der Waals surface area contributed by atoms with Crippen LogP contribution in [0.1, 0.15) is 39.5 Å². The first-order chi connectivity index (χ1) is 8.18. The predicted molar refractivity (Wildman–Crippen MR) is 68.3 cm³/mol. The molecule has 2 aliphatic rings. The van der Waals surface area contributed by atoms with Crippen LogP contribution in [-0.4, -0.2) is 49.1 Å². The molecule has 0 aromatic rings. The Hall–Kier alpha value is -0.610. The summed E-state index contributed by atoms with van der Waals surface area (Å²) in [5.41, 5.74) is 0.273. The third-order valence-electron chi connectivity index (χ3n) is 3.98. The Kier molecular flexibility index (Phi) is 4.05. The van der Waals surface area contributed by atoms with Gasteiger partial charge in [-0.15, -0.1) is 0 Å². The zero-order valence-corrected chi connectivity index (χ0v) is 11.2. The van der Waals surface area contributed by atoms with Crippen molar-refractivity contribution in [3.05, 3.63) is 0 Å². The van der Waals surface area contributed by atoms with Crippen LogP contribution in [0.25, 0.3) is 0 Å². The summed E-state index contributed by atoms with van der Waals surface area (Å²) in [6.45, 7) is 6.24. The number of hydrogen-bond donors (Lipinski definition) is 0. The number of hydrogen-bond acceptors (Lipinski definition) is 4. The molecule has 0 radical (unpaired) electrons. The SMILES string of the molecule is CO/N=C/[C@@H]1CC[C@]2(COC(C)C)CCCN12. The van der Waals surface area contributed by atoms with Gasteiger partial charge in [-0.1, -0.05) is 5.16 Å². The maximum absolute atomic E-state index is 5.87. The number of ether oxygens (including phenoxy) is 1. The maximum Gasteiger partial charge on any atom is 0.106 e. The lowest BCUT2D eigenvalue weighted by Gasteiger charge is -2.34. The van der Waals surface area contributed by atoms with Gasteiger partial charge in [-0.2, -0.15) is 0 Å². The molecule has 0 aliphatic carbocycles. The van der Waals surface area contributed by atoms with Gasteiger partial charge in [0.25, 0.3) is 0 Å². The Morgan fingerprint density at radius 2 is 2.29 bits per heavy atom. The number of oxime groups is 1. The summed E-state index contributed by atoms with van der Waals surface area (Å²) in [6, 6.07) is 0.438. The highest BCUT2D eigenvalue weighted by molar-refractivity contribution is 5.64. The van der Waals surface area contributed by atoms with Gasteiger partial charge >= 0.3 is 0 Å². The Bertz CT molecular complexity index is 281. The summed E-state index contributed by atoms with van der Waals surface area (Å²) >= 11 is 0. The van der Waals surface area contributed by atoms with Gasteiger partial charge in [0, 0.05) is 11.6 Å². The van der Waals surface area contributed by atoms with E-state index in [4.69, 9.17) is 9.57 Å². The van der Waals surface area contributed by atoms with Gasteiger partial charge in [0.1, 0.15) is 7.11 Å². The van der Waals surface area contributed by atoms with Crippen LogP contribution in [0.2, 0.25) is 0 Å². The lowest BCUT2D eigenvalue weighted by molar-refractivity contribution is -0.000188. The molecule has 2 atom stereocenters. The van der Waals surface area contributed by atoms with Crippen LogP contribution in [0.4, 0.5) is 0 Å². The molecule has 0 aromatic heterocycles. The van der Waals surface area contributed by atoms with Crippen LogP contribution >= 0.6 is 0 Å². The molecule has 2 rings (SSSR count). The van der Waals surface area contributed by atoms with E-state index in [0.717, 1.165) is 6.61 Å². The second kappa shape index (κ2) is 5.36. The normalized spacial score (nSPS) is 33.8. The van der Waals surface area contributed by atoms with E-state index in [2.05, 4.69) is 23.9 Å². The summed E-state index contributed by atoms with van der Waals surface area (Å²) < 4.78 is 5.87. The Labute approximate surface area is 104 Å². The molecule has 0 spiro atoms. The van der Waals surface area contributed by atoms with Crippen molar-refractivity contribution in [3.63, 3.8) is 0 Å². The van der Waals surface area contributed by atoms with Crippen molar-refractivity contribution in [1.29, 1.82) is 0 Å². The Balaban J connectivity index is 2.00. The first-order valence-electron chi connectivity index (χ1n) is 6.63. The van der Waals surface area contributed by atoms with Gasteiger partial charge in [-0.25, -0.2) is 0 Å². The molecular weight excluding hydrogens is 216 g/mol. The van der Waals surface area contributed by atoms with Crippen molar-refractivity contribution < 1.29 is 9.57 Å². The van der Waals surface area contributed by atoms with E-state index in [1.165, 1.54) is 32.2 Å². The smallest absolute Gasteiger partial charge is 0.106 e. The molecule has 2 aliphatic heterocycles. The monoisotopic (exact) mass is 240 g/mol. The summed E-state index contributed by atoms with van der Waals surface area (Å²) in [5, 5.41) is 3.93. The standard InChI is InChI=1S/C13H24N2O2/c1-11(2)17-10-13-6-4-8-15(13)12(5-7-13)9-14-16-3/h9,11-12H,4-8,10H2,1-3H3/b14-9+/t12-,13-/m0/s1. The highest BCUT2D eigenvalue weighted by Crippen LogP contribution is 2.42. The van der Waals surface area contributed by atoms with Crippen LogP contribution in [0, 0.1) is 0 Å². The summed E-state index contributed by atoms with van der Waals surface area (Å²) in [5.74, 6) is 0. The van der Waals surface area contributed by atoms with Crippen LogP contribution < -0.4 is 0 Å². The Morgan fingerprint density at radius 1 is 1.47 bits per heavy atom. The molecular formula is C13H24N2O2. The molecule has 0 saturated carbocycles. The zero-order valence-electron chi connectivity index (χ0n) is 11.2. The lowest BCUT2D eigenvalue weighted by atomic mass is 9.95. The fraction of sp³-hybridized carbons (Fsp3) is 0.923. The van der Waals surface area contributed by atoms with Gasteiger partial charge in [0.15, 0.2) is 0 Å². The number of rotatable bonds is 5. The molecule has 17 heavy (non-hydrogen) atoms. The third kappa shape index (κ3) is 2.63. The minimum absolute atomic E-state index is 0.273. The molecule has 4 nitrogen and oxygen atoms in total. The van der Waals surface area contributed by atoms with Gasteiger partial charge in [0.05, 0.1) is 18.9 Å². The number of fused-ring (bicyclic) bond motifs is 1. The first-order valence-corrected chi connectivity index (χ1v) is 6.63. The van der Waals surface area contributed by atoms with Crippen molar-refractivity contribution in [3.8, 4) is 0 Å². The van der Waals surface area contributed by atoms with Gasteiger partial charge in [0.2, 0.25) is 0 Å². The van der Waals surface area contributed by atoms with Crippen molar-refractivity contribution in [1.82, 2.24) is 4.90 Å². The van der Waals surface area contributed by atoms with Gasteiger partial charge in [-0.05, 0) is 46.1 Å². The maximum atomic E-state index is 5.87. The summed E-state index contributed by atoms with van der Waals surface area (Å²) in [7, 11) is 1.60. The molecule has 0 aromatic carbocycles. The predicted octanol–water partition coefficient (Wildman–Crippen LogP) is 2.04. The summed E-state index contributed by atoms with van der Waals surface area (Å²) in [4.78, 5) is 7.36. The minimum atomic E-state index is 0.273. The molecule has 98 valence electrons. The minimum Gasteiger partial charge on any atom is -0.399 e. The number of nitrogens with zero attached hydrogens (tertiary/aromatic N) is 2. The van der Waals surface area contributed by atoms with E-state index in [1.54, 1.807) is 7.11 Å². The Morgan fingerprint density at radius 3 is 3.00 bits per heavy atom. The molecule has 0 N–H and O–H groups in total. The second-order valence-electron chi connectivity index (χ2n) is 5.42.